The first-order chi connectivity index (χ1) is 9.72. The Labute approximate surface area is 124 Å². The third kappa shape index (κ3) is 3.80. The molecule has 3 nitrogen and oxygen atoms in total. The molecule has 2 rings (SSSR count). The summed E-state index contributed by atoms with van der Waals surface area (Å²) in [5.41, 5.74) is 2.66. The fraction of sp³-hybridized carbons (Fsp3) is 0.250. The zero-order valence-electron chi connectivity index (χ0n) is 11.4. The number of hydrogen-bond acceptors (Lipinski definition) is 3. The molecule has 0 aliphatic heterocycles. The molecule has 0 aliphatic rings. The molecule has 0 unspecified atom stereocenters. The van der Waals surface area contributed by atoms with Crippen LogP contribution in [0.25, 0.3) is 0 Å². The molecule has 0 radical (unpaired) electrons. The van der Waals surface area contributed by atoms with Gasteiger partial charge in [0.1, 0.15) is 0 Å². The number of rotatable bonds is 5. The van der Waals surface area contributed by atoms with Gasteiger partial charge in [-0.15, -0.1) is 0 Å². The van der Waals surface area contributed by atoms with Crippen LogP contribution in [0.2, 0.25) is 5.02 Å². The predicted molar refractivity (Wildman–Crippen MR) is 80.2 cm³/mol. The number of nitrogens with zero attached hydrogens (tertiary/aromatic N) is 3. The van der Waals surface area contributed by atoms with Gasteiger partial charge < -0.3 is 0 Å². The van der Waals surface area contributed by atoms with Gasteiger partial charge in [0.05, 0.1) is 17.3 Å². The Hall–Kier alpha value is -1.89. The Kier molecular flexibility index (Phi) is 5.11. The van der Waals surface area contributed by atoms with Gasteiger partial charge >= 0.3 is 0 Å². The van der Waals surface area contributed by atoms with Gasteiger partial charge in [-0.1, -0.05) is 30.7 Å². The topological polar surface area (TPSA) is 39.9 Å². The maximum atomic E-state index is 8.85. The predicted octanol–water partition coefficient (Wildman–Crippen LogP) is 3.63. The third-order valence-electron chi connectivity index (χ3n) is 3.14. The van der Waals surface area contributed by atoms with Crippen LogP contribution in [-0.4, -0.2) is 16.4 Å². The van der Waals surface area contributed by atoms with Gasteiger partial charge in [-0.25, -0.2) is 0 Å². The Bertz CT molecular complexity index is 605. The van der Waals surface area contributed by atoms with E-state index in [0.717, 1.165) is 30.9 Å². The lowest BCUT2D eigenvalue weighted by molar-refractivity contribution is 0.268. The summed E-state index contributed by atoms with van der Waals surface area (Å²) < 4.78 is 0. The molecule has 0 aliphatic carbocycles. The summed E-state index contributed by atoms with van der Waals surface area (Å²) in [6, 6.07) is 13.4. The van der Waals surface area contributed by atoms with Crippen molar-refractivity contribution in [1.29, 1.82) is 5.26 Å². The maximum absolute atomic E-state index is 8.85. The highest BCUT2D eigenvalue weighted by atomic mass is 35.5. The van der Waals surface area contributed by atoms with E-state index in [1.807, 2.05) is 24.3 Å². The molecular formula is C16H16ClN3. The zero-order chi connectivity index (χ0) is 14.4. The number of pyridine rings is 1. The summed E-state index contributed by atoms with van der Waals surface area (Å²) in [6.07, 6.45) is 1.80. The van der Waals surface area contributed by atoms with Gasteiger partial charge in [0.2, 0.25) is 0 Å². The Balaban J connectivity index is 2.09. The highest BCUT2D eigenvalue weighted by Crippen LogP contribution is 2.20. The van der Waals surface area contributed by atoms with Crippen molar-refractivity contribution in [1.82, 2.24) is 9.88 Å². The molecule has 1 heterocycles. The van der Waals surface area contributed by atoms with Gasteiger partial charge in [0.25, 0.3) is 0 Å². The van der Waals surface area contributed by atoms with E-state index < -0.39 is 0 Å². The second kappa shape index (κ2) is 7.04. The van der Waals surface area contributed by atoms with Crippen LogP contribution in [0, 0.1) is 11.3 Å². The van der Waals surface area contributed by atoms with E-state index in [0.29, 0.717) is 10.6 Å². The highest BCUT2D eigenvalue weighted by molar-refractivity contribution is 6.31. The van der Waals surface area contributed by atoms with Gasteiger partial charge in [-0.3, -0.25) is 9.88 Å². The second-order valence-corrected chi connectivity index (χ2v) is 4.95. The SMILES string of the molecule is CCN(Cc1ccccn1)Cc1ccc(C#N)cc1Cl. The lowest BCUT2D eigenvalue weighted by Gasteiger charge is -2.20. The number of nitriles is 1. The van der Waals surface area contributed by atoms with Gasteiger partial charge in [0, 0.05) is 24.3 Å². The maximum Gasteiger partial charge on any atom is 0.0992 e. The molecule has 0 saturated heterocycles. The molecule has 0 bridgehead atoms. The molecule has 20 heavy (non-hydrogen) atoms. The summed E-state index contributed by atoms with van der Waals surface area (Å²) >= 11 is 6.22. The fourth-order valence-electron chi connectivity index (χ4n) is 1.99. The van der Waals surface area contributed by atoms with Crippen LogP contribution in [0.5, 0.6) is 0 Å². The van der Waals surface area contributed by atoms with E-state index in [1.165, 1.54) is 0 Å². The van der Waals surface area contributed by atoms with E-state index in [9.17, 15) is 0 Å². The summed E-state index contributed by atoms with van der Waals surface area (Å²) in [5.74, 6) is 0. The second-order valence-electron chi connectivity index (χ2n) is 4.54. The first-order valence-corrected chi connectivity index (χ1v) is 6.91. The Morgan fingerprint density at radius 2 is 2.10 bits per heavy atom. The van der Waals surface area contributed by atoms with Crippen molar-refractivity contribution in [3.63, 3.8) is 0 Å². The average Bonchev–Trinajstić information content (AvgIpc) is 2.49. The molecule has 0 fully saturated rings. The standard InChI is InChI=1S/C16H16ClN3/c1-2-20(12-15-5-3-4-8-19-15)11-14-7-6-13(10-18)9-16(14)17/h3-9H,2,11-12H2,1H3. The molecule has 102 valence electrons. The summed E-state index contributed by atoms with van der Waals surface area (Å²) in [6.45, 7) is 4.55. The van der Waals surface area contributed by atoms with Crippen molar-refractivity contribution < 1.29 is 0 Å². The van der Waals surface area contributed by atoms with Gasteiger partial charge in [-0.2, -0.15) is 5.26 Å². The number of aromatic nitrogens is 1. The molecule has 0 amide bonds. The van der Waals surface area contributed by atoms with Gasteiger partial charge in [0.15, 0.2) is 0 Å². The molecular weight excluding hydrogens is 270 g/mol. The number of benzene rings is 1. The molecule has 0 atom stereocenters. The molecule has 0 N–H and O–H groups in total. The van der Waals surface area contributed by atoms with E-state index in [-0.39, 0.29) is 0 Å². The van der Waals surface area contributed by atoms with E-state index >= 15 is 0 Å². The minimum atomic E-state index is 0.589. The van der Waals surface area contributed by atoms with Crippen LogP contribution in [0.15, 0.2) is 42.6 Å². The first-order valence-electron chi connectivity index (χ1n) is 6.53. The van der Waals surface area contributed by atoms with Gasteiger partial charge in [-0.05, 0) is 36.4 Å². The third-order valence-corrected chi connectivity index (χ3v) is 3.49. The lowest BCUT2D eigenvalue weighted by Crippen LogP contribution is -2.23. The molecule has 4 heteroatoms. The highest BCUT2D eigenvalue weighted by Gasteiger charge is 2.09. The lowest BCUT2D eigenvalue weighted by atomic mass is 10.1. The van der Waals surface area contributed by atoms with E-state index in [1.54, 1.807) is 18.3 Å². The minimum Gasteiger partial charge on any atom is -0.293 e. The molecule has 0 saturated carbocycles. The first kappa shape index (κ1) is 14.5. The van der Waals surface area contributed by atoms with Crippen LogP contribution >= 0.6 is 11.6 Å². The van der Waals surface area contributed by atoms with Crippen molar-refractivity contribution in [2.24, 2.45) is 0 Å². The largest absolute Gasteiger partial charge is 0.293 e. The smallest absolute Gasteiger partial charge is 0.0992 e. The monoisotopic (exact) mass is 285 g/mol. The van der Waals surface area contributed by atoms with Crippen LogP contribution in [0.4, 0.5) is 0 Å². The zero-order valence-corrected chi connectivity index (χ0v) is 12.1. The van der Waals surface area contributed by atoms with Crippen molar-refractivity contribution in [3.05, 3.63) is 64.4 Å². The van der Waals surface area contributed by atoms with Crippen molar-refractivity contribution >= 4 is 11.6 Å². The van der Waals surface area contributed by atoms with E-state index in [4.69, 9.17) is 16.9 Å². The minimum absolute atomic E-state index is 0.589. The van der Waals surface area contributed by atoms with Crippen LogP contribution in [-0.2, 0) is 13.1 Å². The quantitative estimate of drug-likeness (QED) is 0.842. The van der Waals surface area contributed by atoms with Crippen LogP contribution < -0.4 is 0 Å². The van der Waals surface area contributed by atoms with E-state index in [2.05, 4.69) is 22.9 Å². The Morgan fingerprint density at radius 1 is 1.25 bits per heavy atom. The normalized spacial score (nSPS) is 10.5. The van der Waals surface area contributed by atoms with Crippen LogP contribution in [0.3, 0.4) is 0 Å². The molecule has 0 spiro atoms. The van der Waals surface area contributed by atoms with Crippen LogP contribution in [0.1, 0.15) is 23.7 Å². The summed E-state index contributed by atoms with van der Waals surface area (Å²) in [5, 5.41) is 9.49. The average molecular weight is 286 g/mol. The molecule has 1 aromatic carbocycles. The summed E-state index contributed by atoms with van der Waals surface area (Å²) in [7, 11) is 0. The van der Waals surface area contributed by atoms with Crippen molar-refractivity contribution in [2.45, 2.75) is 20.0 Å². The Morgan fingerprint density at radius 3 is 2.70 bits per heavy atom. The van der Waals surface area contributed by atoms with Crippen molar-refractivity contribution in [2.75, 3.05) is 6.54 Å². The number of halogens is 1. The molecule has 1 aromatic heterocycles. The molecule has 2 aromatic rings. The fourth-order valence-corrected chi connectivity index (χ4v) is 2.23. The van der Waals surface area contributed by atoms with Crippen molar-refractivity contribution in [3.8, 4) is 6.07 Å². The number of hydrogen-bond donors (Lipinski definition) is 0. The summed E-state index contributed by atoms with van der Waals surface area (Å²) in [4.78, 5) is 6.60.